The topological polar surface area (TPSA) is 30.9 Å². The van der Waals surface area contributed by atoms with Gasteiger partial charge in [-0.2, -0.15) is 10.0 Å². The number of hydrogen-bond acceptors (Lipinski definition) is 5. The maximum Gasteiger partial charge on any atom is 0.124 e. The zero-order valence-electron chi connectivity index (χ0n) is 25.5. The Labute approximate surface area is 277 Å². The summed E-state index contributed by atoms with van der Waals surface area (Å²) in [5.74, 6) is 0. The summed E-state index contributed by atoms with van der Waals surface area (Å²) in [6.45, 7) is 0. The van der Waals surface area contributed by atoms with Gasteiger partial charge in [0.15, 0.2) is 0 Å². The van der Waals surface area contributed by atoms with Gasteiger partial charge in [0, 0.05) is 10.9 Å². The number of benzene rings is 7. The van der Waals surface area contributed by atoms with Crippen molar-refractivity contribution >= 4 is 43.1 Å². The van der Waals surface area contributed by atoms with Crippen molar-refractivity contribution in [3.63, 3.8) is 0 Å². The van der Waals surface area contributed by atoms with E-state index in [9.17, 15) is 0 Å². The molecule has 1 N–H and O–H groups in total. The third-order valence-electron chi connectivity index (χ3n) is 9.68. The van der Waals surface area contributed by atoms with Crippen LogP contribution in [0.15, 0.2) is 158 Å². The van der Waals surface area contributed by atoms with Crippen LogP contribution in [0.4, 0.5) is 0 Å². The fourth-order valence-corrected chi connectivity index (χ4v) is 8.33. The average Bonchev–Trinajstić information content (AvgIpc) is 3.49. The maximum absolute atomic E-state index is 5.13. The van der Waals surface area contributed by atoms with E-state index in [2.05, 4.69) is 173 Å². The summed E-state index contributed by atoms with van der Waals surface area (Å²) in [4.78, 5) is 5.13. The first-order valence-corrected chi connectivity index (χ1v) is 17.0. The van der Waals surface area contributed by atoms with Gasteiger partial charge < -0.3 is 0 Å². The number of thiazole rings is 1. The van der Waals surface area contributed by atoms with Crippen LogP contribution >= 0.6 is 11.3 Å². The van der Waals surface area contributed by atoms with E-state index in [1.165, 1.54) is 54.1 Å². The fraction of sp³-hybridized carbons (Fsp3) is 0.0714. The molecule has 8 aromatic rings. The number of aromatic nitrogens is 1. The van der Waals surface area contributed by atoms with Crippen molar-refractivity contribution in [2.45, 2.75) is 18.5 Å². The van der Waals surface area contributed by atoms with E-state index < -0.39 is 0 Å². The molecule has 224 valence electrons. The van der Waals surface area contributed by atoms with Gasteiger partial charge in [-0.15, -0.1) is 11.3 Å². The van der Waals surface area contributed by atoms with E-state index in [4.69, 9.17) is 4.98 Å². The van der Waals surface area contributed by atoms with Crippen LogP contribution in [0.2, 0.25) is 0 Å². The normalized spacial score (nSPS) is 21.7. The van der Waals surface area contributed by atoms with Crippen molar-refractivity contribution in [1.82, 2.24) is 20.3 Å². The molecular weight excluding hydrogens is 593 g/mol. The highest BCUT2D eigenvalue weighted by molar-refractivity contribution is 7.21. The third kappa shape index (κ3) is 4.51. The predicted octanol–water partition coefficient (Wildman–Crippen LogP) is 10.5. The van der Waals surface area contributed by atoms with Crippen LogP contribution in [0.25, 0.3) is 53.5 Å². The summed E-state index contributed by atoms with van der Waals surface area (Å²) in [6, 6.07) is 57.1. The van der Waals surface area contributed by atoms with Crippen molar-refractivity contribution in [3.05, 3.63) is 174 Å². The largest absolute Gasteiger partial charge is 0.276 e. The maximum atomic E-state index is 5.13. The fourth-order valence-electron chi connectivity index (χ4n) is 7.34. The van der Waals surface area contributed by atoms with Gasteiger partial charge in [0.2, 0.25) is 0 Å². The molecule has 7 aromatic carbocycles. The Balaban J connectivity index is 1.03. The summed E-state index contributed by atoms with van der Waals surface area (Å²) >= 11 is 1.76. The highest BCUT2D eigenvalue weighted by Gasteiger charge is 2.60. The predicted molar refractivity (Wildman–Crippen MR) is 193 cm³/mol. The monoisotopic (exact) mass is 622 g/mol. The van der Waals surface area contributed by atoms with Crippen molar-refractivity contribution < 1.29 is 0 Å². The molecule has 2 fully saturated rings. The minimum atomic E-state index is 0.0516. The highest BCUT2D eigenvalue weighted by Crippen LogP contribution is 2.57. The van der Waals surface area contributed by atoms with E-state index in [1.807, 2.05) is 0 Å². The molecule has 0 aliphatic carbocycles. The van der Waals surface area contributed by atoms with Crippen LogP contribution in [0.5, 0.6) is 0 Å². The highest BCUT2D eigenvalue weighted by atomic mass is 32.1. The molecular formula is C42H30N4S. The number of rotatable bonds is 5. The van der Waals surface area contributed by atoms with Crippen LogP contribution in [0.3, 0.4) is 0 Å². The van der Waals surface area contributed by atoms with Gasteiger partial charge >= 0.3 is 0 Å². The zero-order valence-corrected chi connectivity index (χ0v) is 26.3. The van der Waals surface area contributed by atoms with E-state index >= 15 is 0 Å². The molecule has 0 spiro atoms. The molecule has 5 atom stereocenters. The van der Waals surface area contributed by atoms with Crippen LogP contribution in [0.1, 0.15) is 35.2 Å². The van der Waals surface area contributed by atoms with Gasteiger partial charge in [-0.05, 0) is 68.2 Å². The molecule has 47 heavy (non-hydrogen) atoms. The first-order chi connectivity index (χ1) is 23.3. The summed E-state index contributed by atoms with van der Waals surface area (Å²) < 4.78 is 1.21. The van der Waals surface area contributed by atoms with Crippen LogP contribution in [-0.2, 0) is 0 Å². The lowest BCUT2D eigenvalue weighted by Crippen LogP contribution is -2.27. The Morgan fingerprint density at radius 2 is 1.13 bits per heavy atom. The molecule has 0 saturated carbocycles. The summed E-state index contributed by atoms with van der Waals surface area (Å²) in [7, 11) is 0. The molecule has 1 aromatic heterocycles. The van der Waals surface area contributed by atoms with Gasteiger partial charge in [0.1, 0.15) is 23.5 Å². The second kappa shape index (κ2) is 10.7. The molecule has 4 unspecified atom stereocenters. The Morgan fingerprint density at radius 1 is 0.489 bits per heavy atom. The lowest BCUT2D eigenvalue weighted by atomic mass is 9.98. The molecule has 2 saturated heterocycles. The third-order valence-corrected chi connectivity index (χ3v) is 10.7. The molecule has 0 bridgehead atoms. The SMILES string of the molecule is c1ccc(-c2nc3c(ccc4ccc(-c5cccc(C6NC(c7ccc8ccccc8c7)N7C(c8ccccc8)[N@@]67)c5)cc43)s2)cc1. The smallest absolute Gasteiger partial charge is 0.124 e. The molecule has 2 aliphatic heterocycles. The molecule has 5 heteroatoms. The minimum absolute atomic E-state index is 0.0516. The van der Waals surface area contributed by atoms with Gasteiger partial charge in [-0.3, -0.25) is 5.32 Å². The number of nitrogens with one attached hydrogen (secondary N) is 1. The van der Waals surface area contributed by atoms with Gasteiger partial charge in [0.05, 0.1) is 10.2 Å². The van der Waals surface area contributed by atoms with Crippen molar-refractivity contribution in [2.24, 2.45) is 0 Å². The van der Waals surface area contributed by atoms with Crippen LogP contribution in [0, 0.1) is 0 Å². The molecule has 3 heterocycles. The van der Waals surface area contributed by atoms with E-state index in [0.29, 0.717) is 0 Å². The van der Waals surface area contributed by atoms with Gasteiger partial charge in [-0.25, -0.2) is 4.98 Å². The lowest BCUT2D eigenvalue weighted by molar-refractivity contribution is 0.314. The number of hydrogen-bond donors (Lipinski definition) is 1. The summed E-state index contributed by atoms with van der Waals surface area (Å²) in [5.41, 5.74) is 8.50. The van der Waals surface area contributed by atoms with Crippen molar-refractivity contribution in [3.8, 4) is 21.7 Å². The van der Waals surface area contributed by atoms with Crippen LogP contribution < -0.4 is 5.32 Å². The number of hydrazine groups is 1. The second-order valence-electron chi connectivity index (χ2n) is 12.5. The Kier molecular flexibility index (Phi) is 6.14. The van der Waals surface area contributed by atoms with Crippen molar-refractivity contribution in [2.75, 3.05) is 0 Å². The average molecular weight is 623 g/mol. The van der Waals surface area contributed by atoms with Gasteiger partial charge in [-0.1, -0.05) is 133 Å². The zero-order chi connectivity index (χ0) is 30.9. The lowest BCUT2D eigenvalue weighted by Gasteiger charge is -2.21. The number of nitrogens with zero attached hydrogens (tertiary/aromatic N) is 3. The summed E-state index contributed by atoms with van der Waals surface area (Å²) in [6.07, 6.45) is 0.353. The molecule has 0 amide bonds. The van der Waals surface area contributed by atoms with E-state index in [1.54, 1.807) is 11.3 Å². The molecule has 4 nitrogen and oxygen atoms in total. The van der Waals surface area contributed by atoms with E-state index in [0.717, 1.165) is 16.1 Å². The summed E-state index contributed by atoms with van der Waals surface area (Å²) in [5, 5.41) is 15.0. The minimum Gasteiger partial charge on any atom is -0.276 e. The molecule has 2 aliphatic rings. The van der Waals surface area contributed by atoms with Crippen molar-refractivity contribution in [1.29, 1.82) is 0 Å². The Bertz CT molecular complexity index is 2440. The van der Waals surface area contributed by atoms with Gasteiger partial charge in [0.25, 0.3) is 0 Å². The first kappa shape index (κ1) is 27.0. The first-order valence-electron chi connectivity index (χ1n) is 16.1. The quantitative estimate of drug-likeness (QED) is 0.194. The Morgan fingerprint density at radius 3 is 1.96 bits per heavy atom. The molecule has 0 radical (unpaired) electrons. The second-order valence-corrected chi connectivity index (χ2v) is 13.5. The molecule has 10 rings (SSSR count). The standard InChI is InChI=1S/C42H30N4S/c1-3-11-29(12-4-1)41-43-38-36-26-33(20-19-28(36)22-23-37(38)47-41)32-16-9-17-34(25-32)39-44-40(35-21-18-27-10-7-8-15-31(27)24-35)46-42(45(39)46)30-13-5-2-6-14-30/h1-26,39-40,42,44H/t39?,40?,42?,45-,46?/m1/s1. The Hall–Kier alpha value is -5.17. The number of fused-ring (bicyclic) bond motifs is 5. The van der Waals surface area contributed by atoms with E-state index in [-0.39, 0.29) is 18.5 Å². The van der Waals surface area contributed by atoms with Crippen LogP contribution in [-0.4, -0.2) is 15.0 Å².